The smallest absolute Gasteiger partial charge is 0.329 e. The molecule has 1 rings (SSSR count). The lowest BCUT2D eigenvalue weighted by Crippen LogP contribution is -2.58. The van der Waals surface area contributed by atoms with Gasteiger partial charge in [0.1, 0.15) is 5.54 Å². The molecule has 1 saturated carbocycles. The van der Waals surface area contributed by atoms with Crippen molar-refractivity contribution in [1.29, 1.82) is 0 Å². The summed E-state index contributed by atoms with van der Waals surface area (Å²) in [5, 5.41) is 14.5. The van der Waals surface area contributed by atoms with Crippen LogP contribution in [-0.2, 0) is 4.79 Å². The van der Waals surface area contributed by atoms with Crippen molar-refractivity contribution in [2.24, 2.45) is 0 Å². The average molecular weight is 275 g/mol. The van der Waals surface area contributed by atoms with Gasteiger partial charge in [-0.3, -0.25) is 0 Å². The highest BCUT2D eigenvalue weighted by Crippen LogP contribution is 2.28. The van der Waals surface area contributed by atoms with Crippen LogP contribution < -0.4 is 10.6 Å². The SMILES string of the molecule is CC(=CCl)CNC(=O)NC1(C(=O)O)CCCCC1. The van der Waals surface area contributed by atoms with Crippen LogP contribution in [0.4, 0.5) is 4.79 Å². The van der Waals surface area contributed by atoms with Crippen molar-refractivity contribution >= 4 is 23.6 Å². The summed E-state index contributed by atoms with van der Waals surface area (Å²) in [6.07, 6.45) is 3.65. The molecule has 5 nitrogen and oxygen atoms in total. The van der Waals surface area contributed by atoms with Gasteiger partial charge in [0.05, 0.1) is 0 Å². The number of urea groups is 1. The second-order valence-corrected chi connectivity index (χ2v) is 4.93. The van der Waals surface area contributed by atoms with Crippen molar-refractivity contribution in [2.45, 2.75) is 44.6 Å². The standard InChI is InChI=1S/C12H19ClN2O3/c1-9(7-13)8-14-11(18)15-12(10(16)17)5-3-2-4-6-12/h7H,2-6,8H2,1H3,(H,16,17)(H2,14,15,18). The summed E-state index contributed by atoms with van der Waals surface area (Å²) < 4.78 is 0. The van der Waals surface area contributed by atoms with Crippen LogP contribution in [0, 0.1) is 0 Å². The van der Waals surface area contributed by atoms with Crippen LogP contribution in [0.1, 0.15) is 39.0 Å². The maximum atomic E-state index is 11.7. The summed E-state index contributed by atoms with van der Waals surface area (Å²) in [6.45, 7) is 2.09. The third kappa shape index (κ3) is 3.91. The van der Waals surface area contributed by atoms with Gasteiger partial charge < -0.3 is 15.7 Å². The first-order chi connectivity index (χ1) is 8.50. The number of carboxylic acids is 1. The lowest BCUT2D eigenvalue weighted by atomic mass is 9.82. The summed E-state index contributed by atoms with van der Waals surface area (Å²) in [5.74, 6) is -0.957. The van der Waals surface area contributed by atoms with Gasteiger partial charge >= 0.3 is 12.0 Å². The van der Waals surface area contributed by atoms with Gasteiger partial charge in [0.15, 0.2) is 0 Å². The van der Waals surface area contributed by atoms with Crippen LogP contribution in [-0.4, -0.2) is 29.2 Å². The molecule has 2 amide bonds. The number of carboxylic acid groups (broad SMARTS) is 1. The zero-order valence-electron chi connectivity index (χ0n) is 10.5. The first kappa shape index (κ1) is 14.8. The molecule has 0 aliphatic heterocycles. The van der Waals surface area contributed by atoms with Crippen LogP contribution in [0.5, 0.6) is 0 Å². The summed E-state index contributed by atoms with van der Waals surface area (Å²) in [5.41, 5.74) is 1.08. The Hall–Kier alpha value is -1.23. The molecule has 0 radical (unpaired) electrons. The minimum absolute atomic E-state index is 0.311. The molecule has 0 aromatic rings. The second-order valence-electron chi connectivity index (χ2n) is 4.71. The van der Waals surface area contributed by atoms with Gasteiger partial charge in [0, 0.05) is 12.1 Å². The molecule has 1 aliphatic carbocycles. The number of halogens is 1. The number of amides is 2. The van der Waals surface area contributed by atoms with E-state index in [1.54, 1.807) is 6.92 Å². The van der Waals surface area contributed by atoms with Gasteiger partial charge in [-0.15, -0.1) is 0 Å². The fourth-order valence-corrected chi connectivity index (χ4v) is 2.14. The van der Waals surface area contributed by atoms with Crippen LogP contribution in [0.2, 0.25) is 0 Å². The first-order valence-corrected chi connectivity index (χ1v) is 6.49. The highest BCUT2D eigenvalue weighted by Gasteiger charge is 2.40. The Morgan fingerprint density at radius 1 is 1.33 bits per heavy atom. The summed E-state index contributed by atoms with van der Waals surface area (Å²) in [6, 6.07) is -0.461. The molecule has 0 atom stereocenters. The molecule has 0 unspecified atom stereocenters. The van der Waals surface area contributed by atoms with Gasteiger partial charge in [0.2, 0.25) is 0 Å². The maximum Gasteiger partial charge on any atom is 0.329 e. The molecule has 18 heavy (non-hydrogen) atoms. The number of carbonyl (C=O) groups excluding carboxylic acids is 1. The number of carbonyl (C=O) groups is 2. The van der Waals surface area contributed by atoms with Crippen LogP contribution in [0.25, 0.3) is 0 Å². The Kier molecular flexibility index (Phi) is 5.47. The number of hydrogen-bond donors (Lipinski definition) is 3. The molecule has 102 valence electrons. The molecule has 0 saturated heterocycles. The molecule has 0 heterocycles. The number of nitrogens with one attached hydrogen (secondary N) is 2. The van der Waals surface area contributed by atoms with Crippen molar-refractivity contribution in [3.05, 3.63) is 11.1 Å². The summed E-state index contributed by atoms with van der Waals surface area (Å²) >= 11 is 5.48. The molecule has 0 aromatic heterocycles. The third-order valence-corrected chi connectivity index (χ3v) is 3.56. The highest BCUT2D eigenvalue weighted by molar-refractivity contribution is 6.25. The van der Waals surface area contributed by atoms with Crippen molar-refractivity contribution in [1.82, 2.24) is 10.6 Å². The fraction of sp³-hybridized carbons (Fsp3) is 0.667. The second kappa shape index (κ2) is 6.64. The van der Waals surface area contributed by atoms with E-state index >= 15 is 0 Å². The van der Waals surface area contributed by atoms with Gasteiger partial charge in [-0.2, -0.15) is 0 Å². The van der Waals surface area contributed by atoms with Crippen molar-refractivity contribution in [3.63, 3.8) is 0 Å². The van der Waals surface area contributed by atoms with E-state index in [4.69, 9.17) is 11.6 Å². The minimum Gasteiger partial charge on any atom is -0.480 e. The predicted molar refractivity (Wildman–Crippen MR) is 69.6 cm³/mol. The highest BCUT2D eigenvalue weighted by atomic mass is 35.5. The van der Waals surface area contributed by atoms with Crippen molar-refractivity contribution < 1.29 is 14.7 Å². The molecule has 1 aliphatic rings. The lowest BCUT2D eigenvalue weighted by Gasteiger charge is -2.33. The van der Waals surface area contributed by atoms with E-state index in [2.05, 4.69) is 10.6 Å². The zero-order chi connectivity index (χ0) is 13.6. The van der Waals surface area contributed by atoms with Crippen molar-refractivity contribution in [3.8, 4) is 0 Å². The number of hydrogen-bond acceptors (Lipinski definition) is 2. The quantitative estimate of drug-likeness (QED) is 0.735. The van der Waals surface area contributed by atoms with Crippen LogP contribution in [0.15, 0.2) is 11.1 Å². The van der Waals surface area contributed by atoms with E-state index in [0.29, 0.717) is 19.4 Å². The summed E-state index contributed by atoms with van der Waals surface area (Å²) in [7, 11) is 0. The zero-order valence-corrected chi connectivity index (χ0v) is 11.2. The van der Waals surface area contributed by atoms with Crippen molar-refractivity contribution in [2.75, 3.05) is 6.54 Å². The van der Waals surface area contributed by atoms with E-state index in [0.717, 1.165) is 24.8 Å². The van der Waals surface area contributed by atoms with Crippen LogP contribution in [0.3, 0.4) is 0 Å². The van der Waals surface area contributed by atoms with Gasteiger partial charge in [-0.1, -0.05) is 30.9 Å². The molecular weight excluding hydrogens is 256 g/mol. The Bertz CT molecular complexity index is 349. The van der Waals surface area contributed by atoms with Gasteiger partial charge in [-0.25, -0.2) is 9.59 Å². The largest absolute Gasteiger partial charge is 0.480 e. The van der Waals surface area contributed by atoms with Crippen LogP contribution >= 0.6 is 11.6 Å². The normalized spacial score (nSPS) is 19.1. The predicted octanol–water partition coefficient (Wildman–Crippen LogP) is 2.22. The molecule has 1 fully saturated rings. The first-order valence-electron chi connectivity index (χ1n) is 6.05. The Labute approximate surface area is 112 Å². The lowest BCUT2D eigenvalue weighted by molar-refractivity contribution is -0.145. The third-order valence-electron chi connectivity index (χ3n) is 3.18. The average Bonchev–Trinajstić information content (AvgIpc) is 2.36. The Balaban J connectivity index is 2.56. The number of aliphatic carboxylic acids is 1. The molecule has 0 bridgehead atoms. The summed E-state index contributed by atoms with van der Waals surface area (Å²) in [4.78, 5) is 23.0. The molecule has 0 spiro atoms. The van der Waals surface area contributed by atoms with Gasteiger partial charge in [-0.05, 0) is 25.3 Å². The molecular formula is C12H19ClN2O3. The maximum absolute atomic E-state index is 11.7. The molecule has 6 heteroatoms. The monoisotopic (exact) mass is 274 g/mol. The van der Waals surface area contributed by atoms with Gasteiger partial charge in [0.25, 0.3) is 0 Å². The molecule has 3 N–H and O–H groups in total. The van der Waals surface area contributed by atoms with E-state index in [1.807, 2.05) is 0 Å². The Morgan fingerprint density at radius 2 is 1.94 bits per heavy atom. The fourth-order valence-electron chi connectivity index (χ4n) is 2.07. The van der Waals surface area contributed by atoms with E-state index < -0.39 is 17.5 Å². The van der Waals surface area contributed by atoms with E-state index in [-0.39, 0.29) is 0 Å². The Morgan fingerprint density at radius 3 is 2.44 bits per heavy atom. The topological polar surface area (TPSA) is 78.4 Å². The molecule has 0 aromatic carbocycles. The number of rotatable bonds is 4. The van der Waals surface area contributed by atoms with E-state index in [9.17, 15) is 14.7 Å². The van der Waals surface area contributed by atoms with E-state index in [1.165, 1.54) is 5.54 Å². The minimum atomic E-state index is -1.11.